The van der Waals surface area contributed by atoms with E-state index in [1.165, 1.54) is 18.3 Å². The normalized spacial score (nSPS) is 19.7. The lowest BCUT2D eigenvalue weighted by Crippen LogP contribution is -2.52. The predicted molar refractivity (Wildman–Crippen MR) is 96.6 cm³/mol. The minimum atomic E-state index is -1.09. The Bertz CT molecular complexity index is 783. The summed E-state index contributed by atoms with van der Waals surface area (Å²) >= 11 is 0. The maximum atomic E-state index is 13.0. The minimum Gasteiger partial charge on any atom is -0.489 e. The fourth-order valence-corrected chi connectivity index (χ4v) is 3.39. The molecular weight excluding hydrogens is 350 g/mol. The average molecular weight is 373 g/mol. The standard InChI is InChI=1S/C20H23NO6/c1-25-14-20(19(23)24)9-5-10-21(13-20)18(22)17-15(8-11-26-17)12-27-16-6-3-2-4-7-16/h2-4,6-8,11H,5,9-10,12-14H2,1H3,(H,23,24). The summed E-state index contributed by atoms with van der Waals surface area (Å²) in [5.74, 6) is -0.397. The summed E-state index contributed by atoms with van der Waals surface area (Å²) in [7, 11) is 1.47. The molecule has 1 amide bonds. The number of likely N-dealkylation sites (tertiary alicyclic amines) is 1. The van der Waals surface area contributed by atoms with Crippen LogP contribution in [-0.2, 0) is 16.1 Å². The zero-order valence-electron chi connectivity index (χ0n) is 15.2. The zero-order valence-corrected chi connectivity index (χ0v) is 15.2. The first-order chi connectivity index (χ1) is 13.1. The van der Waals surface area contributed by atoms with E-state index in [1.54, 1.807) is 6.07 Å². The lowest BCUT2D eigenvalue weighted by Gasteiger charge is -2.39. The van der Waals surface area contributed by atoms with E-state index >= 15 is 0 Å². The lowest BCUT2D eigenvalue weighted by molar-refractivity contribution is -0.155. The Morgan fingerprint density at radius 3 is 2.74 bits per heavy atom. The number of methoxy groups -OCH3 is 1. The van der Waals surface area contributed by atoms with E-state index in [0.29, 0.717) is 30.7 Å². The molecule has 1 N–H and O–H groups in total. The third kappa shape index (κ3) is 4.14. The van der Waals surface area contributed by atoms with Crippen molar-refractivity contribution in [3.05, 3.63) is 54.0 Å². The summed E-state index contributed by atoms with van der Waals surface area (Å²) in [6.07, 6.45) is 2.51. The second-order valence-electron chi connectivity index (χ2n) is 6.73. The second-order valence-corrected chi connectivity index (χ2v) is 6.73. The van der Waals surface area contributed by atoms with Crippen LogP contribution >= 0.6 is 0 Å². The molecule has 144 valence electrons. The molecule has 7 heteroatoms. The van der Waals surface area contributed by atoms with E-state index in [2.05, 4.69) is 0 Å². The summed E-state index contributed by atoms with van der Waals surface area (Å²) < 4.78 is 16.2. The summed E-state index contributed by atoms with van der Waals surface area (Å²) in [4.78, 5) is 26.3. The summed E-state index contributed by atoms with van der Waals surface area (Å²) in [5, 5.41) is 9.65. The number of ether oxygens (including phenoxy) is 2. The molecule has 1 aliphatic heterocycles. The Hall–Kier alpha value is -2.80. The largest absolute Gasteiger partial charge is 0.489 e. The van der Waals surface area contributed by atoms with E-state index < -0.39 is 11.4 Å². The first kappa shape index (κ1) is 19.0. The van der Waals surface area contributed by atoms with Crippen LogP contribution in [0.3, 0.4) is 0 Å². The molecule has 2 aromatic rings. The van der Waals surface area contributed by atoms with Gasteiger partial charge in [0.25, 0.3) is 5.91 Å². The van der Waals surface area contributed by atoms with Gasteiger partial charge in [0.2, 0.25) is 0 Å². The number of amides is 1. The van der Waals surface area contributed by atoms with Gasteiger partial charge in [-0.05, 0) is 31.0 Å². The Balaban J connectivity index is 1.72. The number of aliphatic carboxylic acids is 1. The Kier molecular flexibility index (Phi) is 5.81. The Morgan fingerprint density at radius 2 is 2.04 bits per heavy atom. The van der Waals surface area contributed by atoms with Crippen LogP contribution in [0.5, 0.6) is 5.75 Å². The number of carboxylic acid groups (broad SMARTS) is 1. The highest BCUT2D eigenvalue weighted by atomic mass is 16.5. The number of rotatable bonds is 7. The van der Waals surface area contributed by atoms with Gasteiger partial charge in [0.05, 0.1) is 12.9 Å². The number of hydrogen-bond acceptors (Lipinski definition) is 5. The van der Waals surface area contributed by atoms with Crippen LogP contribution in [0.2, 0.25) is 0 Å². The number of carboxylic acids is 1. The molecule has 0 radical (unpaired) electrons. The van der Waals surface area contributed by atoms with Gasteiger partial charge in [0.1, 0.15) is 17.8 Å². The maximum Gasteiger partial charge on any atom is 0.313 e. The highest BCUT2D eigenvalue weighted by Crippen LogP contribution is 2.32. The number of furan rings is 1. The van der Waals surface area contributed by atoms with Crippen LogP contribution in [-0.4, -0.2) is 48.7 Å². The fourth-order valence-electron chi connectivity index (χ4n) is 3.39. The van der Waals surface area contributed by atoms with E-state index in [0.717, 1.165) is 0 Å². The number of carbonyl (C=O) groups is 2. The molecule has 3 rings (SSSR count). The van der Waals surface area contributed by atoms with Gasteiger partial charge in [-0.1, -0.05) is 18.2 Å². The summed E-state index contributed by atoms with van der Waals surface area (Å²) in [5.41, 5.74) is -0.460. The third-order valence-electron chi connectivity index (χ3n) is 4.82. The van der Waals surface area contributed by atoms with Crippen LogP contribution < -0.4 is 4.74 Å². The summed E-state index contributed by atoms with van der Waals surface area (Å²) in [6, 6.07) is 11.0. The van der Waals surface area contributed by atoms with E-state index in [1.807, 2.05) is 30.3 Å². The minimum absolute atomic E-state index is 0.0637. The molecule has 0 saturated carbocycles. The molecule has 0 bridgehead atoms. The summed E-state index contributed by atoms with van der Waals surface area (Å²) in [6.45, 7) is 0.831. The van der Waals surface area contributed by atoms with Gasteiger partial charge >= 0.3 is 5.97 Å². The monoisotopic (exact) mass is 373 g/mol. The SMILES string of the molecule is COCC1(C(=O)O)CCCN(C(=O)c2occc2COc2ccccc2)C1. The van der Waals surface area contributed by atoms with Crippen molar-refractivity contribution in [2.75, 3.05) is 26.8 Å². The number of piperidine rings is 1. The van der Waals surface area contributed by atoms with Crippen molar-refractivity contribution < 1.29 is 28.6 Å². The third-order valence-corrected chi connectivity index (χ3v) is 4.82. The van der Waals surface area contributed by atoms with Crippen LogP contribution in [0.1, 0.15) is 29.0 Å². The molecule has 0 aliphatic carbocycles. The van der Waals surface area contributed by atoms with Crippen LogP contribution in [0.25, 0.3) is 0 Å². The van der Waals surface area contributed by atoms with E-state index in [-0.39, 0.29) is 31.4 Å². The lowest BCUT2D eigenvalue weighted by atomic mass is 9.80. The van der Waals surface area contributed by atoms with Crippen LogP contribution in [0.4, 0.5) is 0 Å². The topological polar surface area (TPSA) is 89.2 Å². The van der Waals surface area contributed by atoms with Crippen molar-refractivity contribution in [2.24, 2.45) is 5.41 Å². The van der Waals surface area contributed by atoms with Gasteiger partial charge in [-0.3, -0.25) is 9.59 Å². The highest BCUT2D eigenvalue weighted by Gasteiger charge is 2.44. The van der Waals surface area contributed by atoms with Gasteiger partial charge in [-0.15, -0.1) is 0 Å². The molecule has 2 heterocycles. The Labute approximate surface area is 157 Å². The number of para-hydroxylation sites is 1. The second kappa shape index (κ2) is 8.26. The molecule has 1 aliphatic rings. The molecule has 1 aromatic carbocycles. The van der Waals surface area contributed by atoms with Crippen LogP contribution in [0, 0.1) is 5.41 Å². The molecule has 27 heavy (non-hydrogen) atoms. The molecular formula is C20H23NO6. The van der Waals surface area contributed by atoms with Crippen molar-refractivity contribution in [1.82, 2.24) is 4.90 Å². The molecule has 7 nitrogen and oxygen atoms in total. The first-order valence-corrected chi connectivity index (χ1v) is 8.81. The average Bonchev–Trinajstić information content (AvgIpc) is 3.15. The number of carbonyl (C=O) groups excluding carboxylic acids is 1. The van der Waals surface area contributed by atoms with E-state index in [9.17, 15) is 14.7 Å². The first-order valence-electron chi connectivity index (χ1n) is 8.81. The number of nitrogens with zero attached hydrogens (tertiary/aromatic N) is 1. The molecule has 1 fully saturated rings. The number of hydrogen-bond donors (Lipinski definition) is 1. The Morgan fingerprint density at radius 1 is 1.26 bits per heavy atom. The molecule has 1 aromatic heterocycles. The highest BCUT2D eigenvalue weighted by molar-refractivity contribution is 5.93. The number of benzene rings is 1. The van der Waals surface area contributed by atoms with Crippen LogP contribution in [0.15, 0.2) is 47.1 Å². The quantitative estimate of drug-likeness (QED) is 0.803. The van der Waals surface area contributed by atoms with Crippen molar-refractivity contribution in [1.29, 1.82) is 0 Å². The van der Waals surface area contributed by atoms with Gasteiger partial charge in [0, 0.05) is 25.8 Å². The van der Waals surface area contributed by atoms with Crippen molar-refractivity contribution in [3.63, 3.8) is 0 Å². The van der Waals surface area contributed by atoms with Gasteiger partial charge in [-0.2, -0.15) is 0 Å². The molecule has 1 unspecified atom stereocenters. The fraction of sp³-hybridized carbons (Fsp3) is 0.400. The van der Waals surface area contributed by atoms with Crippen molar-refractivity contribution >= 4 is 11.9 Å². The molecule has 0 spiro atoms. The smallest absolute Gasteiger partial charge is 0.313 e. The van der Waals surface area contributed by atoms with E-state index in [4.69, 9.17) is 13.9 Å². The van der Waals surface area contributed by atoms with Crippen molar-refractivity contribution in [2.45, 2.75) is 19.4 Å². The van der Waals surface area contributed by atoms with Gasteiger partial charge in [-0.25, -0.2) is 0 Å². The maximum absolute atomic E-state index is 13.0. The van der Waals surface area contributed by atoms with Gasteiger partial charge < -0.3 is 23.9 Å². The van der Waals surface area contributed by atoms with Crippen molar-refractivity contribution in [3.8, 4) is 5.75 Å². The molecule has 1 saturated heterocycles. The predicted octanol–water partition coefficient (Wildman–Crippen LogP) is 2.81. The van der Waals surface area contributed by atoms with Gasteiger partial charge in [0.15, 0.2) is 5.76 Å². The zero-order chi connectivity index (χ0) is 19.3. The molecule has 1 atom stereocenters.